The van der Waals surface area contributed by atoms with E-state index in [-0.39, 0.29) is 11.9 Å². The molecule has 0 aromatic heterocycles. The van der Waals surface area contributed by atoms with Gasteiger partial charge in [-0.1, -0.05) is 5.92 Å². The molecule has 1 aliphatic rings. The van der Waals surface area contributed by atoms with E-state index in [1.807, 2.05) is 0 Å². The van der Waals surface area contributed by atoms with E-state index in [4.69, 9.17) is 11.2 Å². The summed E-state index contributed by atoms with van der Waals surface area (Å²) in [5, 5.41) is 5.82. The van der Waals surface area contributed by atoms with Gasteiger partial charge in [0.1, 0.15) is 6.04 Å². The standard InChI is InChI=1S/C10H16N2O2/c1-4-10(2,3)12-9(13)8-7-14-6-5-11-8/h1,8,11H,5-7H2,2-3H3,(H,12,13). The van der Waals surface area contributed by atoms with E-state index in [2.05, 4.69) is 16.6 Å². The zero-order chi connectivity index (χ0) is 10.6. The lowest BCUT2D eigenvalue weighted by molar-refractivity contribution is -0.126. The monoisotopic (exact) mass is 196 g/mol. The van der Waals surface area contributed by atoms with E-state index in [0.29, 0.717) is 19.8 Å². The van der Waals surface area contributed by atoms with Crippen LogP contribution < -0.4 is 10.6 Å². The van der Waals surface area contributed by atoms with Gasteiger partial charge in [-0.05, 0) is 13.8 Å². The van der Waals surface area contributed by atoms with Crippen LogP contribution in [0.4, 0.5) is 0 Å². The van der Waals surface area contributed by atoms with Crippen molar-refractivity contribution in [1.82, 2.24) is 10.6 Å². The summed E-state index contributed by atoms with van der Waals surface area (Å²) in [6.45, 7) is 5.34. The Hall–Kier alpha value is -1.05. The number of morpholine rings is 1. The maximum absolute atomic E-state index is 11.6. The second-order valence-corrected chi connectivity index (χ2v) is 3.84. The molecule has 1 heterocycles. The van der Waals surface area contributed by atoms with Crippen LogP contribution in [0.1, 0.15) is 13.8 Å². The first kappa shape index (κ1) is 11.0. The Kier molecular flexibility index (Phi) is 3.50. The molecular formula is C10H16N2O2. The third-order valence-corrected chi connectivity index (χ3v) is 2.03. The zero-order valence-corrected chi connectivity index (χ0v) is 8.59. The van der Waals surface area contributed by atoms with Crippen LogP contribution in [0.25, 0.3) is 0 Å². The van der Waals surface area contributed by atoms with E-state index in [1.165, 1.54) is 0 Å². The summed E-state index contributed by atoms with van der Waals surface area (Å²) in [6, 6.07) is -0.281. The maximum atomic E-state index is 11.6. The van der Waals surface area contributed by atoms with E-state index < -0.39 is 5.54 Å². The molecule has 1 rings (SSSR count). The number of hydrogen-bond donors (Lipinski definition) is 2. The minimum Gasteiger partial charge on any atom is -0.378 e. The lowest BCUT2D eigenvalue weighted by Crippen LogP contribution is -2.55. The second-order valence-electron chi connectivity index (χ2n) is 3.84. The van der Waals surface area contributed by atoms with Gasteiger partial charge in [-0.2, -0.15) is 0 Å². The number of rotatable bonds is 2. The molecule has 78 valence electrons. The number of nitrogens with one attached hydrogen (secondary N) is 2. The molecule has 1 fully saturated rings. The van der Waals surface area contributed by atoms with Gasteiger partial charge in [0.2, 0.25) is 5.91 Å². The summed E-state index contributed by atoms with van der Waals surface area (Å²) >= 11 is 0. The number of terminal acetylenes is 1. The molecule has 0 aliphatic carbocycles. The van der Waals surface area contributed by atoms with Crippen LogP contribution in [-0.4, -0.2) is 37.2 Å². The molecule has 0 spiro atoms. The Balaban J connectivity index is 2.45. The lowest BCUT2D eigenvalue weighted by Gasteiger charge is -2.27. The van der Waals surface area contributed by atoms with Crippen molar-refractivity contribution in [3.63, 3.8) is 0 Å². The molecule has 1 unspecified atom stereocenters. The first-order valence-electron chi connectivity index (χ1n) is 4.66. The first-order valence-corrected chi connectivity index (χ1v) is 4.66. The Morgan fingerprint density at radius 1 is 1.71 bits per heavy atom. The summed E-state index contributed by atoms with van der Waals surface area (Å²) in [7, 11) is 0. The minimum absolute atomic E-state index is 0.104. The molecule has 14 heavy (non-hydrogen) atoms. The third-order valence-electron chi connectivity index (χ3n) is 2.03. The fraction of sp³-hybridized carbons (Fsp3) is 0.700. The van der Waals surface area contributed by atoms with Crippen LogP contribution >= 0.6 is 0 Å². The van der Waals surface area contributed by atoms with E-state index in [9.17, 15) is 4.79 Å². The van der Waals surface area contributed by atoms with Crippen molar-refractivity contribution in [3.8, 4) is 12.3 Å². The van der Waals surface area contributed by atoms with Crippen molar-refractivity contribution in [2.75, 3.05) is 19.8 Å². The number of hydrogen-bond acceptors (Lipinski definition) is 3. The van der Waals surface area contributed by atoms with Crippen molar-refractivity contribution in [2.45, 2.75) is 25.4 Å². The van der Waals surface area contributed by atoms with Gasteiger partial charge in [0.15, 0.2) is 0 Å². The van der Waals surface area contributed by atoms with E-state index in [1.54, 1.807) is 13.8 Å². The summed E-state index contributed by atoms with van der Waals surface area (Å²) in [5.74, 6) is 2.41. The molecule has 0 bridgehead atoms. The number of amides is 1. The van der Waals surface area contributed by atoms with Crippen molar-refractivity contribution < 1.29 is 9.53 Å². The topological polar surface area (TPSA) is 50.4 Å². The predicted octanol–water partition coefficient (Wildman–Crippen LogP) is -0.497. The number of carbonyl (C=O) groups excluding carboxylic acids is 1. The van der Waals surface area contributed by atoms with Gasteiger partial charge >= 0.3 is 0 Å². The normalized spacial score (nSPS) is 22.5. The first-order chi connectivity index (χ1) is 6.55. The molecule has 0 radical (unpaired) electrons. The molecule has 1 atom stereocenters. The fourth-order valence-electron chi connectivity index (χ4n) is 1.17. The average molecular weight is 196 g/mol. The van der Waals surface area contributed by atoms with Gasteiger partial charge < -0.3 is 15.4 Å². The fourth-order valence-corrected chi connectivity index (χ4v) is 1.17. The van der Waals surface area contributed by atoms with Gasteiger partial charge in [-0.15, -0.1) is 6.42 Å². The molecule has 0 aromatic carbocycles. The van der Waals surface area contributed by atoms with Crippen LogP contribution in [-0.2, 0) is 9.53 Å². The third kappa shape index (κ3) is 3.02. The second kappa shape index (κ2) is 4.45. The van der Waals surface area contributed by atoms with Crippen molar-refractivity contribution >= 4 is 5.91 Å². The Morgan fingerprint density at radius 2 is 2.43 bits per heavy atom. The number of ether oxygens (including phenoxy) is 1. The largest absolute Gasteiger partial charge is 0.378 e. The summed E-state index contributed by atoms with van der Waals surface area (Å²) < 4.78 is 5.18. The van der Waals surface area contributed by atoms with Gasteiger partial charge in [-0.25, -0.2) is 0 Å². The molecular weight excluding hydrogens is 180 g/mol. The van der Waals surface area contributed by atoms with Gasteiger partial charge in [0.05, 0.1) is 18.8 Å². The zero-order valence-electron chi connectivity index (χ0n) is 8.59. The molecule has 2 N–H and O–H groups in total. The number of carbonyl (C=O) groups is 1. The highest BCUT2D eigenvalue weighted by Crippen LogP contribution is 2.01. The highest BCUT2D eigenvalue weighted by atomic mass is 16.5. The molecule has 0 aromatic rings. The van der Waals surface area contributed by atoms with Gasteiger partial charge in [0.25, 0.3) is 0 Å². The van der Waals surface area contributed by atoms with Crippen molar-refractivity contribution in [2.24, 2.45) is 0 Å². The predicted molar refractivity (Wildman–Crippen MR) is 53.7 cm³/mol. The van der Waals surface area contributed by atoms with Gasteiger partial charge in [0, 0.05) is 6.54 Å². The van der Waals surface area contributed by atoms with E-state index in [0.717, 1.165) is 0 Å². The molecule has 1 amide bonds. The quantitative estimate of drug-likeness (QED) is 0.586. The highest BCUT2D eigenvalue weighted by Gasteiger charge is 2.25. The summed E-state index contributed by atoms with van der Waals surface area (Å²) in [6.07, 6.45) is 5.27. The average Bonchev–Trinajstić information content (AvgIpc) is 2.19. The molecule has 0 saturated carbocycles. The van der Waals surface area contributed by atoms with Crippen molar-refractivity contribution in [3.05, 3.63) is 0 Å². The summed E-state index contributed by atoms with van der Waals surface area (Å²) in [4.78, 5) is 11.6. The SMILES string of the molecule is C#CC(C)(C)NC(=O)C1COCCN1. The smallest absolute Gasteiger partial charge is 0.240 e. The van der Waals surface area contributed by atoms with E-state index >= 15 is 0 Å². The lowest BCUT2D eigenvalue weighted by atomic mass is 10.1. The minimum atomic E-state index is -0.601. The van der Waals surface area contributed by atoms with Crippen molar-refractivity contribution in [1.29, 1.82) is 0 Å². The Labute approximate surface area is 84.4 Å². The van der Waals surface area contributed by atoms with Crippen LogP contribution in [0.5, 0.6) is 0 Å². The Morgan fingerprint density at radius 3 is 2.93 bits per heavy atom. The molecule has 1 aliphatic heterocycles. The molecule has 1 saturated heterocycles. The van der Waals surface area contributed by atoms with Crippen LogP contribution in [0, 0.1) is 12.3 Å². The van der Waals surface area contributed by atoms with Crippen LogP contribution in [0.2, 0.25) is 0 Å². The molecule has 4 heteroatoms. The molecule has 4 nitrogen and oxygen atoms in total. The maximum Gasteiger partial charge on any atom is 0.240 e. The Bertz CT molecular complexity index is 249. The summed E-state index contributed by atoms with van der Waals surface area (Å²) in [5.41, 5.74) is -0.601. The van der Waals surface area contributed by atoms with Gasteiger partial charge in [-0.3, -0.25) is 4.79 Å². The van der Waals surface area contributed by atoms with Crippen LogP contribution in [0.3, 0.4) is 0 Å². The highest BCUT2D eigenvalue weighted by molar-refractivity contribution is 5.83. The van der Waals surface area contributed by atoms with Crippen LogP contribution in [0.15, 0.2) is 0 Å².